The van der Waals surface area contributed by atoms with E-state index in [1.165, 1.54) is 32.1 Å². The Labute approximate surface area is 154 Å². The zero-order valence-electron chi connectivity index (χ0n) is 15.9. The predicted molar refractivity (Wildman–Crippen MR) is 97.5 cm³/mol. The van der Waals surface area contributed by atoms with Crippen molar-refractivity contribution < 1.29 is 19.2 Å². The highest BCUT2D eigenvalue weighted by Crippen LogP contribution is 2.31. The van der Waals surface area contributed by atoms with E-state index in [-0.39, 0.29) is 18.9 Å². The van der Waals surface area contributed by atoms with Gasteiger partial charge in [-0.1, -0.05) is 63.9 Å². The Balaban J connectivity index is 0.00000163. The van der Waals surface area contributed by atoms with E-state index in [2.05, 4.69) is 15.5 Å². The number of carboxylic acids is 1. The van der Waals surface area contributed by atoms with E-state index in [0.717, 1.165) is 18.8 Å². The lowest BCUT2D eigenvalue weighted by molar-refractivity contribution is -0.137. The number of carbonyl (C=O) groups excluding carboxylic acids is 1. The van der Waals surface area contributed by atoms with E-state index < -0.39 is 12.0 Å². The Morgan fingerprint density at radius 1 is 1.31 bits per heavy atom. The molecule has 0 aliphatic heterocycles. The van der Waals surface area contributed by atoms with E-state index in [1.807, 2.05) is 13.8 Å². The van der Waals surface area contributed by atoms with Crippen molar-refractivity contribution in [3.8, 4) is 0 Å². The van der Waals surface area contributed by atoms with Crippen LogP contribution in [-0.2, 0) is 11.3 Å². The lowest BCUT2D eigenvalue weighted by Crippen LogP contribution is -2.29. The zero-order valence-corrected chi connectivity index (χ0v) is 15.9. The molecule has 1 heterocycles. The van der Waals surface area contributed by atoms with Crippen LogP contribution in [0.25, 0.3) is 0 Å². The van der Waals surface area contributed by atoms with Crippen molar-refractivity contribution in [3.63, 3.8) is 0 Å². The van der Waals surface area contributed by atoms with Crippen LogP contribution in [0.4, 0.5) is 4.79 Å². The van der Waals surface area contributed by atoms with Gasteiger partial charge in [0, 0.05) is 5.92 Å². The Morgan fingerprint density at radius 2 is 2.00 bits per heavy atom. The summed E-state index contributed by atoms with van der Waals surface area (Å²) < 4.78 is 5.19. The molecule has 1 aliphatic rings. The second-order valence-corrected chi connectivity index (χ2v) is 6.50. The first-order valence-corrected chi connectivity index (χ1v) is 9.62. The van der Waals surface area contributed by atoms with Crippen LogP contribution in [0.2, 0.25) is 0 Å². The number of nitrogens with one attached hydrogen (secondary N) is 1. The predicted octanol–water partition coefficient (Wildman–Crippen LogP) is 3.57. The molecule has 0 spiro atoms. The lowest BCUT2D eigenvalue weighted by Gasteiger charge is -2.21. The first-order valence-electron chi connectivity index (χ1n) is 9.62. The molecule has 0 bridgehead atoms. The highest BCUT2D eigenvalue weighted by Gasteiger charge is 2.23. The van der Waals surface area contributed by atoms with Gasteiger partial charge in [-0.25, -0.2) is 4.79 Å². The van der Waals surface area contributed by atoms with Gasteiger partial charge in [-0.2, -0.15) is 4.98 Å². The van der Waals surface area contributed by atoms with Crippen molar-refractivity contribution in [1.29, 1.82) is 0 Å². The normalized spacial score (nSPS) is 15.6. The number of aliphatic carboxylic acids is 1. The van der Waals surface area contributed by atoms with Crippen LogP contribution < -0.4 is 11.1 Å². The third-order valence-electron chi connectivity index (χ3n) is 4.56. The van der Waals surface area contributed by atoms with E-state index in [1.54, 1.807) is 0 Å². The van der Waals surface area contributed by atoms with Gasteiger partial charge in [0.15, 0.2) is 5.82 Å². The number of hydrogen-bond donors (Lipinski definition) is 3. The van der Waals surface area contributed by atoms with E-state index in [9.17, 15) is 9.59 Å². The minimum atomic E-state index is -0.882. The van der Waals surface area contributed by atoms with Crippen LogP contribution >= 0.6 is 0 Å². The van der Waals surface area contributed by atoms with Crippen molar-refractivity contribution in [3.05, 3.63) is 11.7 Å². The summed E-state index contributed by atoms with van der Waals surface area (Å²) in [5.74, 6) is 0.213. The van der Waals surface area contributed by atoms with Gasteiger partial charge in [0.2, 0.25) is 5.89 Å². The molecule has 1 fully saturated rings. The third-order valence-corrected chi connectivity index (χ3v) is 4.56. The number of primary amides is 1. The smallest absolute Gasteiger partial charge is 0.312 e. The molecule has 8 heteroatoms. The van der Waals surface area contributed by atoms with Gasteiger partial charge in [-0.3, -0.25) is 4.79 Å². The molecule has 2 rings (SSSR count). The van der Waals surface area contributed by atoms with Crippen LogP contribution in [0.5, 0.6) is 0 Å². The fraction of sp³-hybridized carbons (Fsp3) is 0.778. The molecule has 2 amide bonds. The molecular weight excluding hydrogens is 336 g/mol. The van der Waals surface area contributed by atoms with Gasteiger partial charge in [-0.05, 0) is 12.3 Å². The molecule has 1 aliphatic carbocycles. The SMILES string of the molecule is CC.NC(=O)NCc1noc([C@H](CCCC2CCCCC2)CC(=O)O)n1. The Morgan fingerprint density at radius 3 is 2.62 bits per heavy atom. The third kappa shape index (κ3) is 8.31. The maximum Gasteiger partial charge on any atom is 0.312 e. The van der Waals surface area contributed by atoms with Crippen molar-refractivity contribution in [2.45, 2.75) is 84.1 Å². The fourth-order valence-corrected chi connectivity index (χ4v) is 3.32. The molecule has 4 N–H and O–H groups in total. The average Bonchev–Trinajstić information content (AvgIpc) is 3.10. The minimum absolute atomic E-state index is 0.0322. The second kappa shape index (κ2) is 12.3. The Kier molecular flexibility index (Phi) is 10.3. The van der Waals surface area contributed by atoms with Crippen LogP contribution in [0.3, 0.4) is 0 Å². The minimum Gasteiger partial charge on any atom is -0.481 e. The largest absolute Gasteiger partial charge is 0.481 e. The van der Waals surface area contributed by atoms with Crippen molar-refractivity contribution in [1.82, 2.24) is 15.5 Å². The first kappa shape index (κ1) is 21.9. The van der Waals surface area contributed by atoms with Gasteiger partial charge in [-0.15, -0.1) is 0 Å². The molecule has 26 heavy (non-hydrogen) atoms. The summed E-state index contributed by atoms with van der Waals surface area (Å²) in [6, 6.07) is -0.670. The molecule has 0 radical (unpaired) electrons. The molecular formula is C18H32N4O4. The number of carbonyl (C=O) groups is 2. The molecule has 0 unspecified atom stereocenters. The monoisotopic (exact) mass is 368 g/mol. The number of rotatable bonds is 9. The summed E-state index contributed by atoms with van der Waals surface area (Å²) in [6.45, 7) is 4.07. The van der Waals surface area contributed by atoms with Crippen molar-refractivity contribution in [2.24, 2.45) is 11.7 Å². The van der Waals surface area contributed by atoms with E-state index in [0.29, 0.717) is 18.1 Å². The number of nitrogens with two attached hydrogens (primary N) is 1. The summed E-state index contributed by atoms with van der Waals surface area (Å²) in [5, 5.41) is 15.3. The topological polar surface area (TPSA) is 131 Å². The quantitative estimate of drug-likeness (QED) is 0.610. The van der Waals surface area contributed by atoms with Gasteiger partial charge in [0.05, 0.1) is 13.0 Å². The molecule has 1 saturated carbocycles. The standard InChI is InChI=1S/C16H26N4O4.C2H6/c17-16(23)18-10-13-19-15(24-20-13)12(9-14(21)22)8-4-7-11-5-2-1-3-6-11;1-2/h11-12H,1-10H2,(H,21,22)(H3,17,18,23);1-2H3/t12-;/m1./s1. The highest BCUT2D eigenvalue weighted by atomic mass is 16.5. The van der Waals surface area contributed by atoms with Crippen molar-refractivity contribution >= 4 is 12.0 Å². The Bertz CT molecular complexity index is 541. The molecule has 1 aromatic heterocycles. The average molecular weight is 368 g/mol. The summed E-state index contributed by atoms with van der Waals surface area (Å²) in [5.41, 5.74) is 5.00. The van der Waals surface area contributed by atoms with Crippen LogP contribution in [0, 0.1) is 5.92 Å². The molecule has 1 aromatic rings. The number of nitrogens with zero attached hydrogens (tertiary/aromatic N) is 2. The van der Waals surface area contributed by atoms with Gasteiger partial charge in [0.25, 0.3) is 0 Å². The second-order valence-electron chi connectivity index (χ2n) is 6.50. The fourth-order valence-electron chi connectivity index (χ4n) is 3.32. The Hall–Kier alpha value is -2.12. The van der Waals surface area contributed by atoms with E-state index >= 15 is 0 Å². The summed E-state index contributed by atoms with van der Waals surface area (Å²) in [4.78, 5) is 26.0. The number of hydrogen-bond acceptors (Lipinski definition) is 5. The van der Waals surface area contributed by atoms with Crippen molar-refractivity contribution in [2.75, 3.05) is 0 Å². The summed E-state index contributed by atoms with van der Waals surface area (Å²) >= 11 is 0. The molecule has 8 nitrogen and oxygen atoms in total. The zero-order chi connectivity index (χ0) is 19.4. The molecule has 0 aromatic carbocycles. The van der Waals surface area contributed by atoms with Crippen LogP contribution in [0.15, 0.2) is 4.52 Å². The summed E-state index contributed by atoms with van der Waals surface area (Å²) in [6.07, 6.45) is 9.29. The summed E-state index contributed by atoms with van der Waals surface area (Å²) in [7, 11) is 0. The maximum atomic E-state index is 11.1. The van der Waals surface area contributed by atoms with Crippen LogP contribution in [-0.4, -0.2) is 27.2 Å². The van der Waals surface area contributed by atoms with E-state index in [4.69, 9.17) is 15.4 Å². The van der Waals surface area contributed by atoms with Gasteiger partial charge >= 0.3 is 12.0 Å². The molecule has 0 saturated heterocycles. The van der Waals surface area contributed by atoms with Gasteiger partial charge < -0.3 is 20.7 Å². The van der Waals surface area contributed by atoms with Gasteiger partial charge in [0.1, 0.15) is 0 Å². The number of amides is 2. The maximum absolute atomic E-state index is 11.1. The number of aromatic nitrogens is 2. The van der Waals surface area contributed by atoms with Crippen LogP contribution in [0.1, 0.15) is 89.3 Å². The molecule has 148 valence electrons. The first-order chi connectivity index (χ1) is 12.5. The number of urea groups is 1. The number of carboxylic acid groups (broad SMARTS) is 1. The highest BCUT2D eigenvalue weighted by molar-refractivity contribution is 5.71. The molecule has 1 atom stereocenters. The lowest BCUT2D eigenvalue weighted by atomic mass is 9.84.